The van der Waals surface area contributed by atoms with Gasteiger partial charge in [-0.3, -0.25) is 4.99 Å². The maximum Gasteiger partial charge on any atom is 0.196 e. The van der Waals surface area contributed by atoms with Crippen LogP contribution in [-0.2, 0) is 0 Å². The lowest BCUT2D eigenvalue weighted by Gasteiger charge is -2.27. The molecule has 2 N–H and O–H groups in total. The van der Waals surface area contributed by atoms with E-state index in [-0.39, 0.29) is 11.9 Å². The summed E-state index contributed by atoms with van der Waals surface area (Å²) in [5, 5.41) is 0. The third-order valence-corrected chi connectivity index (χ3v) is 4.55. The largest absolute Gasteiger partial charge is 0.369 e. The van der Waals surface area contributed by atoms with Crippen LogP contribution in [0.25, 0.3) is 0 Å². The van der Waals surface area contributed by atoms with Crippen molar-refractivity contribution in [3.05, 3.63) is 62.8 Å². The molecule has 1 aliphatic heterocycles. The lowest BCUT2D eigenvalue weighted by Crippen LogP contribution is -2.36. The van der Waals surface area contributed by atoms with Crippen molar-refractivity contribution in [3.63, 3.8) is 0 Å². The van der Waals surface area contributed by atoms with E-state index in [0.717, 1.165) is 15.7 Å². The zero-order chi connectivity index (χ0) is 15.0. The lowest BCUT2D eigenvalue weighted by atomic mass is 10.1. The Balaban J connectivity index is 1.98. The predicted molar refractivity (Wildman–Crippen MR) is 90.0 cm³/mol. The molecule has 1 atom stereocenters. The molecule has 3 nitrogen and oxygen atoms in total. The fraction of sp³-hybridized carbons (Fsp3) is 0.133. The molecule has 0 aromatic heterocycles. The molecule has 108 valence electrons. The fourth-order valence-corrected chi connectivity index (χ4v) is 3.05. The Bertz CT molecular complexity index is 701. The average Bonchev–Trinajstić information content (AvgIpc) is 2.85. The van der Waals surface area contributed by atoms with Gasteiger partial charge in [0.15, 0.2) is 5.96 Å². The van der Waals surface area contributed by atoms with Gasteiger partial charge in [-0.15, -0.1) is 0 Å². The zero-order valence-electron chi connectivity index (χ0n) is 10.9. The molecule has 0 amide bonds. The van der Waals surface area contributed by atoms with Crippen LogP contribution in [0.2, 0.25) is 0 Å². The second-order valence-electron chi connectivity index (χ2n) is 4.73. The fourth-order valence-electron chi connectivity index (χ4n) is 2.39. The van der Waals surface area contributed by atoms with Crippen LogP contribution < -0.4 is 10.6 Å². The van der Waals surface area contributed by atoms with Gasteiger partial charge in [-0.25, -0.2) is 4.39 Å². The van der Waals surface area contributed by atoms with E-state index < -0.39 is 0 Å². The zero-order valence-corrected chi connectivity index (χ0v) is 14.1. The van der Waals surface area contributed by atoms with Crippen molar-refractivity contribution in [2.24, 2.45) is 10.7 Å². The van der Waals surface area contributed by atoms with Gasteiger partial charge in [0, 0.05) is 10.2 Å². The molecule has 1 unspecified atom stereocenters. The summed E-state index contributed by atoms with van der Waals surface area (Å²) in [7, 11) is 0. The van der Waals surface area contributed by atoms with Crippen molar-refractivity contribution in [1.29, 1.82) is 0 Å². The first-order valence-electron chi connectivity index (χ1n) is 6.36. The molecule has 1 aliphatic rings. The standard InChI is InChI=1S/C15H12Br2FN3/c16-10-2-4-11(5-3-10)21-14(8-20-15(21)19)9-1-6-13(18)12(17)7-9/h1-7,14H,8H2,(H2,19,20). The summed E-state index contributed by atoms with van der Waals surface area (Å²) in [6.45, 7) is 0.556. The molecule has 0 aliphatic carbocycles. The average molecular weight is 413 g/mol. The smallest absolute Gasteiger partial charge is 0.196 e. The predicted octanol–water partition coefficient (Wildman–Crippen LogP) is 4.23. The quantitative estimate of drug-likeness (QED) is 0.801. The highest BCUT2D eigenvalue weighted by molar-refractivity contribution is 9.10. The minimum absolute atomic E-state index is 0.0249. The number of benzene rings is 2. The third-order valence-electron chi connectivity index (χ3n) is 3.42. The Morgan fingerprint density at radius 1 is 1.14 bits per heavy atom. The number of guanidine groups is 1. The number of anilines is 1. The highest BCUT2D eigenvalue weighted by atomic mass is 79.9. The van der Waals surface area contributed by atoms with E-state index in [1.54, 1.807) is 12.1 Å². The number of hydrogen-bond acceptors (Lipinski definition) is 3. The number of nitrogens with zero attached hydrogens (tertiary/aromatic N) is 2. The molecule has 3 rings (SSSR count). The van der Waals surface area contributed by atoms with Crippen LogP contribution in [0.5, 0.6) is 0 Å². The Hall–Kier alpha value is -1.40. The third kappa shape index (κ3) is 2.82. The van der Waals surface area contributed by atoms with Crippen molar-refractivity contribution in [2.45, 2.75) is 6.04 Å². The van der Waals surface area contributed by atoms with Gasteiger partial charge in [0.25, 0.3) is 0 Å². The van der Waals surface area contributed by atoms with E-state index >= 15 is 0 Å². The van der Waals surface area contributed by atoms with Crippen molar-refractivity contribution < 1.29 is 4.39 Å². The molecule has 0 spiro atoms. The molecule has 0 radical (unpaired) electrons. The first-order chi connectivity index (χ1) is 10.1. The van der Waals surface area contributed by atoms with Gasteiger partial charge in [0.05, 0.1) is 17.1 Å². The van der Waals surface area contributed by atoms with Gasteiger partial charge in [-0.05, 0) is 57.9 Å². The van der Waals surface area contributed by atoms with Gasteiger partial charge in [-0.1, -0.05) is 22.0 Å². The van der Waals surface area contributed by atoms with Crippen LogP contribution in [0, 0.1) is 5.82 Å². The summed E-state index contributed by atoms with van der Waals surface area (Å²) < 4.78 is 14.9. The van der Waals surface area contributed by atoms with Crippen LogP contribution in [0.4, 0.5) is 10.1 Å². The minimum Gasteiger partial charge on any atom is -0.369 e. The molecular weight excluding hydrogens is 401 g/mol. The maximum absolute atomic E-state index is 13.4. The summed E-state index contributed by atoms with van der Waals surface area (Å²) in [4.78, 5) is 6.29. The van der Waals surface area contributed by atoms with Crippen molar-refractivity contribution in [2.75, 3.05) is 11.4 Å². The number of aliphatic imine (C=N–C) groups is 1. The molecule has 1 heterocycles. The van der Waals surface area contributed by atoms with Gasteiger partial charge >= 0.3 is 0 Å². The van der Waals surface area contributed by atoms with Crippen LogP contribution >= 0.6 is 31.9 Å². The number of hydrogen-bond donors (Lipinski definition) is 1. The Morgan fingerprint density at radius 2 is 1.86 bits per heavy atom. The Morgan fingerprint density at radius 3 is 2.52 bits per heavy atom. The summed E-state index contributed by atoms with van der Waals surface area (Å²) in [6.07, 6.45) is 0. The Labute approximate surface area is 138 Å². The molecule has 6 heteroatoms. The second-order valence-corrected chi connectivity index (χ2v) is 6.50. The van der Waals surface area contributed by atoms with E-state index in [1.807, 2.05) is 29.2 Å². The second kappa shape index (κ2) is 5.77. The van der Waals surface area contributed by atoms with Crippen molar-refractivity contribution in [3.8, 4) is 0 Å². The molecule has 21 heavy (non-hydrogen) atoms. The Kier molecular flexibility index (Phi) is 3.99. The first-order valence-corrected chi connectivity index (χ1v) is 7.94. The number of halogens is 3. The molecule has 0 fully saturated rings. The highest BCUT2D eigenvalue weighted by Gasteiger charge is 2.29. The van der Waals surface area contributed by atoms with Gasteiger partial charge in [-0.2, -0.15) is 0 Å². The monoisotopic (exact) mass is 411 g/mol. The van der Waals surface area contributed by atoms with E-state index in [2.05, 4.69) is 36.9 Å². The molecule has 2 aromatic rings. The van der Waals surface area contributed by atoms with Gasteiger partial charge in [0.1, 0.15) is 5.82 Å². The molecular formula is C15H12Br2FN3. The summed E-state index contributed by atoms with van der Waals surface area (Å²) in [6, 6.07) is 12.8. The van der Waals surface area contributed by atoms with Crippen LogP contribution in [0.15, 0.2) is 56.4 Å². The van der Waals surface area contributed by atoms with Crippen molar-refractivity contribution >= 4 is 43.5 Å². The maximum atomic E-state index is 13.4. The van der Waals surface area contributed by atoms with Crippen molar-refractivity contribution in [1.82, 2.24) is 0 Å². The normalized spacial score (nSPS) is 18.0. The highest BCUT2D eigenvalue weighted by Crippen LogP contribution is 2.33. The molecule has 0 bridgehead atoms. The SMILES string of the molecule is NC1=NCC(c2ccc(F)c(Br)c2)N1c1ccc(Br)cc1. The molecule has 0 saturated heterocycles. The molecule has 2 aromatic carbocycles. The van der Waals surface area contributed by atoms with Gasteiger partial charge < -0.3 is 10.6 Å². The summed E-state index contributed by atoms with van der Waals surface area (Å²) in [5.74, 6) is 0.198. The minimum atomic E-state index is -0.277. The summed E-state index contributed by atoms with van der Waals surface area (Å²) >= 11 is 6.64. The van der Waals surface area contributed by atoms with Crippen LogP contribution in [0.3, 0.4) is 0 Å². The van der Waals surface area contributed by atoms with E-state index in [1.165, 1.54) is 6.07 Å². The van der Waals surface area contributed by atoms with Crippen LogP contribution in [0.1, 0.15) is 11.6 Å². The van der Waals surface area contributed by atoms with E-state index in [0.29, 0.717) is 17.0 Å². The summed E-state index contributed by atoms with van der Waals surface area (Å²) in [5.41, 5.74) is 7.95. The van der Waals surface area contributed by atoms with E-state index in [9.17, 15) is 4.39 Å². The molecule has 0 saturated carbocycles. The lowest BCUT2D eigenvalue weighted by molar-refractivity contribution is 0.618. The van der Waals surface area contributed by atoms with Gasteiger partial charge in [0.2, 0.25) is 0 Å². The topological polar surface area (TPSA) is 41.6 Å². The number of nitrogens with two attached hydrogens (primary N) is 1. The van der Waals surface area contributed by atoms with E-state index in [4.69, 9.17) is 5.73 Å². The van der Waals surface area contributed by atoms with Crippen LogP contribution in [-0.4, -0.2) is 12.5 Å². The first kappa shape index (κ1) is 14.5. The number of rotatable bonds is 2.